The van der Waals surface area contributed by atoms with Crippen molar-refractivity contribution in [2.45, 2.75) is 6.92 Å². The molecule has 0 bridgehead atoms. The van der Waals surface area contributed by atoms with Crippen LogP contribution in [0.1, 0.15) is 26.4 Å². The second kappa shape index (κ2) is 9.57. The molecule has 2 amide bonds. The number of rotatable bonds is 7. The molecule has 160 valence electrons. The number of carbonyl (C=O) groups is 3. The van der Waals surface area contributed by atoms with Gasteiger partial charge in [-0.25, -0.2) is 4.79 Å². The average molecular weight is 422 g/mol. The van der Waals surface area contributed by atoms with Crippen molar-refractivity contribution >= 4 is 29.2 Å². The zero-order valence-corrected chi connectivity index (χ0v) is 17.3. The summed E-state index contributed by atoms with van der Waals surface area (Å²) in [6, 6.07) is 13.4. The number of hydrogen-bond donors (Lipinski definition) is 2. The third-order valence-corrected chi connectivity index (χ3v) is 4.58. The SMILES string of the molecule is COc1ccccc1NC(=O)c1ccc(NC(=O)COC(=O)c2cnn(C)c2C)cc1. The fraction of sp³-hybridized carbons (Fsp3) is 0.182. The molecule has 0 fully saturated rings. The van der Waals surface area contributed by atoms with Crippen LogP contribution in [0.2, 0.25) is 0 Å². The standard InChI is InChI=1S/C22H22N4O5/c1-14-17(12-23-26(14)2)22(29)31-13-20(27)24-16-10-8-15(9-11-16)21(28)25-18-6-4-5-7-19(18)30-3/h4-12H,13H2,1-3H3,(H,24,27)(H,25,28). The Kier molecular flexibility index (Phi) is 6.66. The van der Waals surface area contributed by atoms with E-state index in [-0.39, 0.29) is 5.91 Å². The molecule has 0 saturated heterocycles. The zero-order chi connectivity index (χ0) is 22.4. The van der Waals surface area contributed by atoms with E-state index in [9.17, 15) is 14.4 Å². The predicted octanol–water partition coefficient (Wildman–Crippen LogP) is 2.78. The molecular weight excluding hydrogens is 400 g/mol. The highest BCUT2D eigenvalue weighted by molar-refractivity contribution is 6.05. The molecule has 2 N–H and O–H groups in total. The Bertz CT molecular complexity index is 1110. The number of anilines is 2. The number of nitrogens with zero attached hydrogens (tertiary/aromatic N) is 2. The fourth-order valence-corrected chi connectivity index (χ4v) is 2.75. The Balaban J connectivity index is 1.54. The molecule has 9 nitrogen and oxygen atoms in total. The maximum Gasteiger partial charge on any atom is 0.342 e. The van der Waals surface area contributed by atoms with Crippen molar-refractivity contribution in [3.8, 4) is 5.75 Å². The number of esters is 1. The van der Waals surface area contributed by atoms with Gasteiger partial charge in [0.1, 0.15) is 11.3 Å². The molecule has 0 unspecified atom stereocenters. The van der Waals surface area contributed by atoms with Crippen LogP contribution in [0.4, 0.5) is 11.4 Å². The lowest BCUT2D eigenvalue weighted by molar-refractivity contribution is -0.119. The van der Waals surface area contributed by atoms with E-state index in [0.717, 1.165) is 0 Å². The second-order valence-corrected chi connectivity index (χ2v) is 6.62. The lowest BCUT2D eigenvalue weighted by atomic mass is 10.2. The summed E-state index contributed by atoms with van der Waals surface area (Å²) in [6.07, 6.45) is 1.39. The molecule has 2 aromatic carbocycles. The normalized spacial score (nSPS) is 10.3. The van der Waals surface area contributed by atoms with Crippen molar-refractivity contribution in [2.75, 3.05) is 24.4 Å². The van der Waals surface area contributed by atoms with Gasteiger partial charge in [0.05, 0.1) is 19.0 Å². The number of hydrogen-bond acceptors (Lipinski definition) is 6. The molecule has 9 heteroatoms. The Hall–Kier alpha value is -4.14. The number of ether oxygens (including phenoxy) is 2. The lowest BCUT2D eigenvalue weighted by Gasteiger charge is -2.10. The van der Waals surface area contributed by atoms with Gasteiger partial charge in [0, 0.05) is 24.0 Å². The maximum absolute atomic E-state index is 12.4. The van der Waals surface area contributed by atoms with Crippen molar-refractivity contribution < 1.29 is 23.9 Å². The molecule has 0 aliphatic rings. The highest BCUT2D eigenvalue weighted by atomic mass is 16.5. The largest absolute Gasteiger partial charge is 0.495 e. The van der Waals surface area contributed by atoms with Crippen LogP contribution in [0.5, 0.6) is 5.75 Å². The summed E-state index contributed by atoms with van der Waals surface area (Å²) in [6.45, 7) is 1.29. The number of benzene rings is 2. The van der Waals surface area contributed by atoms with E-state index in [1.54, 1.807) is 67.2 Å². The zero-order valence-electron chi connectivity index (χ0n) is 17.3. The molecule has 1 heterocycles. The molecule has 3 rings (SSSR count). The quantitative estimate of drug-likeness (QED) is 0.567. The lowest BCUT2D eigenvalue weighted by Crippen LogP contribution is -2.21. The number of methoxy groups -OCH3 is 1. The number of aryl methyl sites for hydroxylation is 1. The van der Waals surface area contributed by atoms with Gasteiger partial charge in [0.2, 0.25) is 0 Å². The van der Waals surface area contributed by atoms with Gasteiger partial charge >= 0.3 is 5.97 Å². The third kappa shape index (κ3) is 5.27. The van der Waals surface area contributed by atoms with E-state index in [1.165, 1.54) is 13.3 Å². The van der Waals surface area contributed by atoms with Crippen LogP contribution in [-0.4, -0.2) is 41.3 Å². The molecule has 3 aromatic rings. The molecule has 0 atom stereocenters. The summed E-state index contributed by atoms with van der Waals surface area (Å²) < 4.78 is 11.8. The second-order valence-electron chi connectivity index (χ2n) is 6.62. The summed E-state index contributed by atoms with van der Waals surface area (Å²) in [4.78, 5) is 36.5. The summed E-state index contributed by atoms with van der Waals surface area (Å²) in [5.41, 5.74) is 2.38. The minimum absolute atomic E-state index is 0.306. The first-order chi connectivity index (χ1) is 14.9. The van der Waals surface area contributed by atoms with E-state index in [1.807, 2.05) is 0 Å². The van der Waals surface area contributed by atoms with Crippen molar-refractivity contribution in [1.82, 2.24) is 9.78 Å². The Morgan fingerprint density at radius 2 is 1.74 bits per heavy atom. The molecular formula is C22H22N4O5. The van der Waals surface area contributed by atoms with Crippen molar-refractivity contribution in [2.24, 2.45) is 7.05 Å². The minimum atomic E-state index is -0.621. The van der Waals surface area contributed by atoms with Crippen molar-refractivity contribution in [1.29, 1.82) is 0 Å². The monoisotopic (exact) mass is 422 g/mol. The van der Waals surface area contributed by atoms with E-state index in [4.69, 9.17) is 9.47 Å². The highest BCUT2D eigenvalue weighted by Crippen LogP contribution is 2.23. The number of para-hydroxylation sites is 2. The number of carbonyl (C=O) groups excluding carboxylic acids is 3. The van der Waals surface area contributed by atoms with Gasteiger partial charge in [0.15, 0.2) is 6.61 Å². The summed E-state index contributed by atoms with van der Waals surface area (Å²) in [5, 5.41) is 9.36. The van der Waals surface area contributed by atoms with E-state index in [0.29, 0.717) is 33.9 Å². The van der Waals surface area contributed by atoms with E-state index in [2.05, 4.69) is 15.7 Å². The third-order valence-electron chi connectivity index (χ3n) is 4.58. The van der Waals surface area contributed by atoms with Crippen LogP contribution in [0.3, 0.4) is 0 Å². The average Bonchev–Trinajstić information content (AvgIpc) is 3.11. The first kappa shape index (κ1) is 21.6. The number of amides is 2. The first-order valence-electron chi connectivity index (χ1n) is 9.39. The van der Waals surface area contributed by atoms with Gasteiger partial charge < -0.3 is 20.1 Å². The molecule has 0 spiro atoms. The Labute approximate surface area is 179 Å². The number of aromatic nitrogens is 2. The summed E-state index contributed by atoms with van der Waals surface area (Å²) in [5.74, 6) is -0.885. The van der Waals surface area contributed by atoms with Gasteiger partial charge in [0.25, 0.3) is 11.8 Å². The highest BCUT2D eigenvalue weighted by Gasteiger charge is 2.16. The smallest absolute Gasteiger partial charge is 0.342 e. The first-order valence-corrected chi connectivity index (χ1v) is 9.39. The number of nitrogens with one attached hydrogen (secondary N) is 2. The van der Waals surface area contributed by atoms with Gasteiger partial charge in [-0.1, -0.05) is 12.1 Å². The molecule has 0 aliphatic heterocycles. The van der Waals surface area contributed by atoms with Crippen LogP contribution in [0.25, 0.3) is 0 Å². The van der Waals surface area contributed by atoms with E-state index >= 15 is 0 Å². The van der Waals surface area contributed by atoms with Crippen LogP contribution in [0.15, 0.2) is 54.7 Å². The fourth-order valence-electron chi connectivity index (χ4n) is 2.75. The van der Waals surface area contributed by atoms with Gasteiger partial charge in [-0.05, 0) is 43.3 Å². The summed E-state index contributed by atoms with van der Waals surface area (Å²) >= 11 is 0. The van der Waals surface area contributed by atoms with Gasteiger partial charge in [-0.2, -0.15) is 5.10 Å². The van der Waals surface area contributed by atoms with E-state index < -0.39 is 18.5 Å². The predicted molar refractivity (Wildman–Crippen MR) is 114 cm³/mol. The van der Waals surface area contributed by atoms with Gasteiger partial charge in [-0.3, -0.25) is 14.3 Å². The molecule has 1 aromatic heterocycles. The minimum Gasteiger partial charge on any atom is -0.495 e. The topological polar surface area (TPSA) is 112 Å². The molecule has 0 aliphatic carbocycles. The van der Waals surface area contributed by atoms with Crippen molar-refractivity contribution in [3.05, 3.63) is 71.5 Å². The van der Waals surface area contributed by atoms with Crippen LogP contribution in [0, 0.1) is 6.92 Å². The molecule has 0 saturated carbocycles. The Morgan fingerprint density at radius 3 is 2.39 bits per heavy atom. The van der Waals surface area contributed by atoms with Crippen LogP contribution in [-0.2, 0) is 16.6 Å². The summed E-state index contributed by atoms with van der Waals surface area (Å²) in [7, 11) is 3.23. The van der Waals surface area contributed by atoms with Crippen LogP contribution >= 0.6 is 0 Å². The molecule has 31 heavy (non-hydrogen) atoms. The van der Waals surface area contributed by atoms with Gasteiger partial charge in [-0.15, -0.1) is 0 Å². The van der Waals surface area contributed by atoms with Crippen LogP contribution < -0.4 is 15.4 Å². The van der Waals surface area contributed by atoms with Crippen molar-refractivity contribution in [3.63, 3.8) is 0 Å². The molecule has 0 radical (unpaired) electrons. The maximum atomic E-state index is 12.4. The Morgan fingerprint density at radius 1 is 1.03 bits per heavy atom.